The standard InChI is InChI=1S/C26H35N3O4S/c1-18-13-19(2)25(20(3)14-18)34(32,33)27-22-8-9-24(23(15-22)26(30)31)29-12-6-7-21(17-29)16-28-10-4-5-11-28/h8-9,13-15,21,27H,4-7,10-12,16-17H2,1-3H3,(H,30,31). The van der Waals surface area contributed by atoms with Crippen LogP contribution < -0.4 is 9.62 Å². The summed E-state index contributed by atoms with van der Waals surface area (Å²) in [6, 6.07) is 8.53. The van der Waals surface area contributed by atoms with E-state index in [0.717, 1.165) is 51.1 Å². The fourth-order valence-electron chi connectivity index (χ4n) is 5.61. The molecule has 184 valence electrons. The van der Waals surface area contributed by atoms with Gasteiger partial charge in [0.25, 0.3) is 10.0 Å². The Kier molecular flexibility index (Phi) is 7.19. The number of nitrogens with one attached hydrogen (secondary N) is 1. The zero-order valence-electron chi connectivity index (χ0n) is 20.3. The minimum atomic E-state index is -3.86. The first-order chi connectivity index (χ1) is 16.1. The lowest BCUT2D eigenvalue weighted by Crippen LogP contribution is -2.41. The van der Waals surface area contributed by atoms with Crippen molar-refractivity contribution in [3.8, 4) is 0 Å². The molecular weight excluding hydrogens is 450 g/mol. The molecule has 2 aromatic carbocycles. The third-order valence-electron chi connectivity index (χ3n) is 6.93. The van der Waals surface area contributed by atoms with Crippen LogP contribution in [0.25, 0.3) is 0 Å². The van der Waals surface area contributed by atoms with Gasteiger partial charge < -0.3 is 14.9 Å². The van der Waals surface area contributed by atoms with Gasteiger partial charge in [-0.3, -0.25) is 4.72 Å². The molecule has 0 saturated carbocycles. The lowest BCUT2D eigenvalue weighted by molar-refractivity contribution is 0.0697. The number of aryl methyl sites for hydroxylation is 3. The van der Waals surface area contributed by atoms with Gasteiger partial charge in [0.05, 0.1) is 16.1 Å². The minimum Gasteiger partial charge on any atom is -0.478 e. The molecule has 34 heavy (non-hydrogen) atoms. The lowest BCUT2D eigenvalue weighted by Gasteiger charge is -2.36. The minimum absolute atomic E-state index is 0.124. The van der Waals surface area contributed by atoms with Gasteiger partial charge in [-0.2, -0.15) is 0 Å². The molecule has 0 radical (unpaired) electrons. The van der Waals surface area contributed by atoms with Gasteiger partial charge in [-0.05, 0) is 94.8 Å². The van der Waals surface area contributed by atoms with Crippen molar-refractivity contribution in [1.82, 2.24) is 4.90 Å². The number of carboxylic acids is 1. The third kappa shape index (κ3) is 5.39. The van der Waals surface area contributed by atoms with Gasteiger partial charge in [0.15, 0.2) is 0 Å². The molecule has 0 spiro atoms. The van der Waals surface area contributed by atoms with E-state index in [9.17, 15) is 18.3 Å². The Labute approximate surface area is 202 Å². The van der Waals surface area contributed by atoms with Crippen molar-refractivity contribution in [2.24, 2.45) is 5.92 Å². The second-order valence-electron chi connectivity index (χ2n) is 9.83. The molecule has 2 aromatic rings. The van der Waals surface area contributed by atoms with E-state index in [2.05, 4.69) is 14.5 Å². The maximum Gasteiger partial charge on any atom is 0.337 e. The molecule has 1 atom stereocenters. The average molecular weight is 486 g/mol. The van der Waals surface area contributed by atoms with Gasteiger partial charge >= 0.3 is 5.97 Å². The first-order valence-corrected chi connectivity index (χ1v) is 13.6. The third-order valence-corrected chi connectivity index (χ3v) is 8.61. The van der Waals surface area contributed by atoms with Crippen LogP contribution in [0.5, 0.6) is 0 Å². The highest BCUT2D eigenvalue weighted by Crippen LogP contribution is 2.31. The van der Waals surface area contributed by atoms with E-state index in [1.54, 1.807) is 26.0 Å². The van der Waals surface area contributed by atoms with Crippen LogP contribution >= 0.6 is 0 Å². The van der Waals surface area contributed by atoms with Gasteiger partial charge in [-0.1, -0.05) is 17.7 Å². The van der Waals surface area contributed by atoms with Crippen LogP contribution in [0.4, 0.5) is 11.4 Å². The summed E-state index contributed by atoms with van der Waals surface area (Å²) in [6.07, 6.45) is 4.71. The largest absolute Gasteiger partial charge is 0.478 e. The van der Waals surface area contributed by atoms with Crippen LogP contribution in [0.3, 0.4) is 0 Å². The number of anilines is 2. The predicted octanol–water partition coefficient (Wildman–Crippen LogP) is 4.42. The number of carbonyl (C=O) groups is 1. The van der Waals surface area contributed by atoms with Gasteiger partial charge in [-0.25, -0.2) is 13.2 Å². The first-order valence-electron chi connectivity index (χ1n) is 12.1. The van der Waals surface area contributed by atoms with Gasteiger partial charge in [-0.15, -0.1) is 0 Å². The van der Waals surface area contributed by atoms with Crippen molar-refractivity contribution in [2.45, 2.75) is 51.3 Å². The summed E-state index contributed by atoms with van der Waals surface area (Å²) in [4.78, 5) is 17.0. The highest BCUT2D eigenvalue weighted by molar-refractivity contribution is 7.92. The van der Waals surface area contributed by atoms with E-state index in [4.69, 9.17) is 0 Å². The highest BCUT2D eigenvalue weighted by Gasteiger charge is 2.27. The molecule has 2 saturated heterocycles. The summed E-state index contributed by atoms with van der Waals surface area (Å²) in [6.45, 7) is 10.5. The quantitative estimate of drug-likeness (QED) is 0.603. The molecule has 2 N–H and O–H groups in total. The van der Waals surface area contributed by atoms with Crippen LogP contribution in [-0.4, -0.2) is 57.1 Å². The van der Waals surface area contributed by atoms with Crippen molar-refractivity contribution in [3.05, 3.63) is 52.6 Å². The Bertz CT molecular complexity index is 1150. The normalized spacial score (nSPS) is 19.4. The first kappa shape index (κ1) is 24.5. The van der Waals surface area contributed by atoms with Gasteiger partial charge in [0.2, 0.25) is 0 Å². The molecule has 2 aliphatic heterocycles. The van der Waals surface area contributed by atoms with E-state index in [1.807, 2.05) is 19.1 Å². The second-order valence-corrected chi connectivity index (χ2v) is 11.5. The summed E-state index contributed by atoms with van der Waals surface area (Å²) < 4.78 is 28.9. The zero-order chi connectivity index (χ0) is 24.5. The molecule has 4 rings (SSSR count). The maximum atomic E-state index is 13.2. The van der Waals surface area contributed by atoms with E-state index in [-0.39, 0.29) is 16.1 Å². The Morgan fingerprint density at radius 2 is 1.71 bits per heavy atom. The number of likely N-dealkylation sites (tertiary alicyclic amines) is 1. The number of benzene rings is 2. The van der Waals surface area contributed by atoms with Crippen molar-refractivity contribution < 1.29 is 18.3 Å². The summed E-state index contributed by atoms with van der Waals surface area (Å²) >= 11 is 0. The molecule has 2 fully saturated rings. The number of hydrogen-bond donors (Lipinski definition) is 2. The number of aromatic carboxylic acids is 1. The molecule has 7 nitrogen and oxygen atoms in total. The monoisotopic (exact) mass is 485 g/mol. The number of nitrogens with zero attached hydrogens (tertiary/aromatic N) is 2. The van der Waals surface area contributed by atoms with Crippen molar-refractivity contribution in [3.63, 3.8) is 0 Å². The fraction of sp³-hybridized carbons (Fsp3) is 0.500. The topological polar surface area (TPSA) is 90.0 Å². The molecule has 0 aliphatic carbocycles. The van der Waals surface area contributed by atoms with Crippen molar-refractivity contribution in [2.75, 3.05) is 42.3 Å². The van der Waals surface area contributed by atoms with Gasteiger partial charge in [0, 0.05) is 25.3 Å². The summed E-state index contributed by atoms with van der Waals surface area (Å²) in [5.41, 5.74) is 3.36. The lowest BCUT2D eigenvalue weighted by atomic mass is 9.96. The highest BCUT2D eigenvalue weighted by atomic mass is 32.2. The van der Waals surface area contributed by atoms with E-state index in [0.29, 0.717) is 22.7 Å². The van der Waals surface area contributed by atoms with E-state index >= 15 is 0 Å². The molecule has 2 aliphatic rings. The van der Waals surface area contributed by atoms with Gasteiger partial charge in [0.1, 0.15) is 0 Å². The van der Waals surface area contributed by atoms with E-state index < -0.39 is 16.0 Å². The van der Waals surface area contributed by atoms with Crippen LogP contribution in [-0.2, 0) is 10.0 Å². The molecule has 1 unspecified atom stereocenters. The Morgan fingerprint density at radius 3 is 2.35 bits per heavy atom. The van der Waals surface area contributed by atoms with Crippen molar-refractivity contribution >= 4 is 27.4 Å². The smallest absolute Gasteiger partial charge is 0.337 e. The van der Waals surface area contributed by atoms with E-state index in [1.165, 1.54) is 18.9 Å². The number of sulfonamides is 1. The molecule has 0 amide bonds. The predicted molar refractivity (Wildman–Crippen MR) is 135 cm³/mol. The van der Waals surface area contributed by atoms with Crippen LogP contribution in [0.1, 0.15) is 52.7 Å². The SMILES string of the molecule is Cc1cc(C)c(S(=O)(=O)Nc2ccc(N3CCCC(CN4CCCC4)C3)c(C(=O)O)c2)c(C)c1. The van der Waals surface area contributed by atoms with Crippen LogP contribution in [0.2, 0.25) is 0 Å². The number of piperidine rings is 1. The molecule has 2 heterocycles. The maximum absolute atomic E-state index is 13.2. The number of rotatable bonds is 7. The Morgan fingerprint density at radius 1 is 1.03 bits per heavy atom. The zero-order valence-corrected chi connectivity index (χ0v) is 21.1. The second kappa shape index (κ2) is 9.96. The van der Waals surface area contributed by atoms with Crippen LogP contribution in [0, 0.1) is 26.7 Å². The average Bonchev–Trinajstić information content (AvgIpc) is 3.25. The Balaban J connectivity index is 1.56. The molecule has 0 bridgehead atoms. The molecular formula is C26H35N3O4S. The number of hydrogen-bond acceptors (Lipinski definition) is 5. The van der Waals surface area contributed by atoms with Crippen LogP contribution in [0.15, 0.2) is 35.2 Å². The Hall–Kier alpha value is -2.58. The summed E-state index contributed by atoms with van der Waals surface area (Å²) in [5, 5.41) is 9.94. The molecule has 0 aromatic heterocycles. The fourth-order valence-corrected chi connectivity index (χ4v) is 7.11. The summed E-state index contributed by atoms with van der Waals surface area (Å²) in [7, 11) is -3.86. The van der Waals surface area contributed by atoms with Crippen molar-refractivity contribution in [1.29, 1.82) is 0 Å². The molecule has 8 heteroatoms. The summed E-state index contributed by atoms with van der Waals surface area (Å²) in [5.74, 6) is -0.542. The number of carboxylic acid groups (broad SMARTS) is 1.